The summed E-state index contributed by atoms with van der Waals surface area (Å²) in [6, 6.07) is 22.0. The minimum absolute atomic E-state index is 0.0853. The zero-order valence-corrected chi connectivity index (χ0v) is 15.4. The fourth-order valence-corrected chi connectivity index (χ4v) is 3.66. The zero-order valence-electron chi connectivity index (χ0n) is 13.8. The van der Waals surface area contributed by atoms with Gasteiger partial charge in [0.05, 0.1) is 12.6 Å². The maximum absolute atomic E-state index is 5.92. The largest absolute Gasteiger partial charge is 0.419 e. The van der Waals surface area contributed by atoms with E-state index < -0.39 is 0 Å². The number of nitrogens with one attached hydrogen (secondary N) is 1. The molecule has 0 amide bonds. The average molecular weight is 382 g/mol. The van der Waals surface area contributed by atoms with Crippen LogP contribution in [0.4, 0.5) is 0 Å². The molecule has 0 fully saturated rings. The van der Waals surface area contributed by atoms with E-state index in [0.717, 1.165) is 5.56 Å². The molecule has 0 spiro atoms. The van der Waals surface area contributed by atoms with Crippen molar-refractivity contribution in [3.05, 3.63) is 93.5 Å². The quantitative estimate of drug-likeness (QED) is 0.490. The third kappa shape index (κ3) is 3.85. The van der Waals surface area contributed by atoms with Crippen molar-refractivity contribution in [3.63, 3.8) is 0 Å². The Morgan fingerprint density at radius 3 is 2.50 bits per heavy atom. The normalized spacial score (nSPS) is 12.2. The van der Waals surface area contributed by atoms with Crippen molar-refractivity contribution in [3.8, 4) is 11.5 Å². The number of halogens is 1. The Bertz CT molecular complexity index is 952. The van der Waals surface area contributed by atoms with Gasteiger partial charge in [0.1, 0.15) is 0 Å². The van der Waals surface area contributed by atoms with Gasteiger partial charge in [0, 0.05) is 15.5 Å². The summed E-state index contributed by atoms with van der Waals surface area (Å²) in [4.78, 5) is 1.24. The van der Waals surface area contributed by atoms with Crippen molar-refractivity contribution in [2.24, 2.45) is 0 Å². The highest BCUT2D eigenvalue weighted by molar-refractivity contribution is 7.10. The summed E-state index contributed by atoms with van der Waals surface area (Å²) >= 11 is 7.64. The zero-order chi connectivity index (χ0) is 17.8. The topological polar surface area (TPSA) is 51.0 Å². The van der Waals surface area contributed by atoms with E-state index in [1.165, 1.54) is 10.4 Å². The molecule has 0 aliphatic carbocycles. The molecule has 0 saturated carbocycles. The van der Waals surface area contributed by atoms with Crippen LogP contribution in [0.3, 0.4) is 0 Å². The van der Waals surface area contributed by atoms with Gasteiger partial charge in [0.15, 0.2) is 0 Å². The summed E-state index contributed by atoms with van der Waals surface area (Å²) in [5, 5.41) is 14.6. The molecule has 1 N–H and O–H groups in total. The first kappa shape index (κ1) is 17.0. The number of benzene rings is 2. The molecule has 4 aromatic rings. The number of aromatic nitrogens is 2. The molecule has 0 saturated heterocycles. The lowest BCUT2D eigenvalue weighted by atomic mass is 10.1. The Morgan fingerprint density at radius 2 is 1.77 bits per heavy atom. The van der Waals surface area contributed by atoms with E-state index in [2.05, 4.69) is 45.2 Å². The Labute approximate surface area is 160 Å². The Kier molecular flexibility index (Phi) is 5.11. The third-order valence-corrected chi connectivity index (χ3v) is 5.17. The average Bonchev–Trinajstić information content (AvgIpc) is 3.36. The molecule has 2 heterocycles. The van der Waals surface area contributed by atoms with Crippen LogP contribution in [0.5, 0.6) is 0 Å². The van der Waals surface area contributed by atoms with Gasteiger partial charge in [-0.2, -0.15) is 0 Å². The highest BCUT2D eigenvalue weighted by atomic mass is 35.5. The molecular weight excluding hydrogens is 366 g/mol. The van der Waals surface area contributed by atoms with Crippen LogP contribution in [0.2, 0.25) is 5.02 Å². The molecule has 2 aromatic heterocycles. The van der Waals surface area contributed by atoms with Crippen LogP contribution in [-0.2, 0) is 6.54 Å². The molecular formula is C20H16ClN3OS. The number of thiophene rings is 1. The molecule has 4 rings (SSSR count). The van der Waals surface area contributed by atoms with Gasteiger partial charge in [0.2, 0.25) is 11.8 Å². The summed E-state index contributed by atoms with van der Waals surface area (Å²) in [5.74, 6) is 1.04. The second kappa shape index (κ2) is 7.83. The van der Waals surface area contributed by atoms with Gasteiger partial charge in [-0.15, -0.1) is 21.5 Å². The van der Waals surface area contributed by atoms with E-state index >= 15 is 0 Å². The fourth-order valence-electron chi connectivity index (χ4n) is 2.71. The van der Waals surface area contributed by atoms with Gasteiger partial charge in [-0.3, -0.25) is 5.32 Å². The van der Waals surface area contributed by atoms with Crippen LogP contribution in [0, 0.1) is 0 Å². The predicted molar refractivity (Wildman–Crippen MR) is 104 cm³/mol. The first-order valence-corrected chi connectivity index (χ1v) is 9.45. The Hall–Kier alpha value is -2.47. The van der Waals surface area contributed by atoms with Crippen molar-refractivity contribution in [2.45, 2.75) is 12.6 Å². The van der Waals surface area contributed by atoms with Crippen LogP contribution in [0.1, 0.15) is 22.4 Å². The van der Waals surface area contributed by atoms with Crippen molar-refractivity contribution < 1.29 is 4.42 Å². The van der Waals surface area contributed by atoms with Crippen molar-refractivity contribution >= 4 is 22.9 Å². The summed E-state index contributed by atoms with van der Waals surface area (Å²) in [7, 11) is 0. The Balaban J connectivity index is 1.51. The molecule has 0 radical (unpaired) electrons. The minimum atomic E-state index is 0.0853. The van der Waals surface area contributed by atoms with Gasteiger partial charge < -0.3 is 4.42 Å². The lowest BCUT2D eigenvalue weighted by molar-refractivity contribution is 0.463. The molecule has 6 heteroatoms. The smallest absolute Gasteiger partial charge is 0.247 e. The second-order valence-corrected chi connectivity index (χ2v) is 7.16. The summed E-state index contributed by atoms with van der Waals surface area (Å²) in [5.41, 5.74) is 2.05. The fraction of sp³-hybridized carbons (Fsp3) is 0.100. The van der Waals surface area contributed by atoms with Gasteiger partial charge in [-0.25, -0.2) is 0 Å². The molecule has 2 aromatic carbocycles. The predicted octanol–water partition coefficient (Wildman–Crippen LogP) is 5.33. The van der Waals surface area contributed by atoms with Crippen LogP contribution in [0.15, 0.2) is 76.5 Å². The summed E-state index contributed by atoms with van der Waals surface area (Å²) < 4.78 is 5.79. The maximum Gasteiger partial charge on any atom is 0.247 e. The van der Waals surface area contributed by atoms with Crippen molar-refractivity contribution in [2.75, 3.05) is 0 Å². The van der Waals surface area contributed by atoms with Crippen LogP contribution >= 0.6 is 22.9 Å². The molecule has 0 unspecified atom stereocenters. The molecule has 0 aliphatic rings. The molecule has 130 valence electrons. The lowest BCUT2D eigenvalue weighted by Crippen LogP contribution is -2.21. The molecule has 1 atom stereocenters. The highest BCUT2D eigenvalue weighted by Gasteiger charge is 2.16. The SMILES string of the molecule is Clc1ccc(-c2nnc(CN[C@H](c3ccccc3)c3cccs3)o2)cc1. The molecule has 0 bridgehead atoms. The number of nitrogens with zero attached hydrogens (tertiary/aromatic N) is 2. The first-order chi connectivity index (χ1) is 12.8. The molecule has 0 aliphatic heterocycles. The third-order valence-electron chi connectivity index (χ3n) is 3.98. The lowest BCUT2D eigenvalue weighted by Gasteiger charge is -2.16. The maximum atomic E-state index is 5.92. The standard InChI is InChI=1S/C20H16ClN3OS/c21-16-10-8-15(9-11-16)20-24-23-18(25-20)13-22-19(17-7-4-12-26-17)14-5-2-1-3-6-14/h1-12,19,22H,13H2/t19-/m1/s1. The van der Waals surface area contributed by atoms with E-state index in [1.54, 1.807) is 23.5 Å². The highest BCUT2D eigenvalue weighted by Crippen LogP contribution is 2.26. The first-order valence-electron chi connectivity index (χ1n) is 8.19. The van der Waals surface area contributed by atoms with Crippen LogP contribution in [0.25, 0.3) is 11.5 Å². The monoisotopic (exact) mass is 381 g/mol. The summed E-state index contributed by atoms with van der Waals surface area (Å²) in [6.45, 7) is 0.484. The van der Waals surface area contributed by atoms with Gasteiger partial charge >= 0.3 is 0 Å². The second-order valence-electron chi connectivity index (χ2n) is 5.75. The number of hydrogen-bond acceptors (Lipinski definition) is 5. The Morgan fingerprint density at radius 1 is 0.962 bits per heavy atom. The van der Waals surface area contributed by atoms with Gasteiger partial charge in [-0.05, 0) is 41.3 Å². The van der Waals surface area contributed by atoms with Crippen molar-refractivity contribution in [1.82, 2.24) is 15.5 Å². The van der Waals surface area contributed by atoms with Crippen LogP contribution in [-0.4, -0.2) is 10.2 Å². The van der Waals surface area contributed by atoms with E-state index in [0.29, 0.717) is 23.3 Å². The summed E-state index contributed by atoms with van der Waals surface area (Å²) in [6.07, 6.45) is 0. The van der Waals surface area contributed by atoms with E-state index in [9.17, 15) is 0 Å². The van der Waals surface area contributed by atoms with E-state index in [1.807, 2.05) is 30.3 Å². The minimum Gasteiger partial charge on any atom is -0.419 e. The number of hydrogen-bond donors (Lipinski definition) is 1. The number of rotatable bonds is 6. The van der Waals surface area contributed by atoms with Gasteiger partial charge in [0.25, 0.3) is 0 Å². The van der Waals surface area contributed by atoms with Crippen LogP contribution < -0.4 is 5.32 Å². The van der Waals surface area contributed by atoms with Gasteiger partial charge in [-0.1, -0.05) is 48.0 Å². The van der Waals surface area contributed by atoms with Crippen molar-refractivity contribution in [1.29, 1.82) is 0 Å². The molecule has 26 heavy (non-hydrogen) atoms. The van der Waals surface area contributed by atoms with E-state index in [-0.39, 0.29) is 6.04 Å². The van der Waals surface area contributed by atoms with E-state index in [4.69, 9.17) is 16.0 Å². The molecule has 4 nitrogen and oxygen atoms in total.